The number of carbonyl (C=O) groups excluding carboxylic acids is 1. The van der Waals surface area contributed by atoms with E-state index in [0.717, 1.165) is 9.35 Å². The lowest BCUT2D eigenvalue weighted by Gasteiger charge is -2.21. The van der Waals surface area contributed by atoms with Gasteiger partial charge in [-0.15, -0.1) is 11.3 Å². The topological polar surface area (TPSA) is 41.1 Å². The molecular formula is C9H13BrN2OS. The minimum atomic E-state index is -0.500. The fourth-order valence-electron chi connectivity index (χ4n) is 1.02. The van der Waals surface area contributed by atoms with Gasteiger partial charge >= 0.3 is 0 Å². The summed E-state index contributed by atoms with van der Waals surface area (Å²) < 4.78 is 1.02. The molecule has 1 aromatic heterocycles. The molecule has 1 amide bonds. The van der Waals surface area contributed by atoms with Crippen molar-refractivity contribution in [2.24, 2.45) is 0 Å². The molecule has 3 nitrogen and oxygen atoms in total. The Morgan fingerprint density at radius 3 is 2.64 bits per heavy atom. The molecule has 1 aromatic rings. The molecule has 1 rings (SSSR count). The fourth-order valence-corrected chi connectivity index (χ4v) is 2.57. The molecule has 0 aliphatic carbocycles. The Kier molecular flexibility index (Phi) is 3.69. The van der Waals surface area contributed by atoms with Crippen LogP contribution >= 0.6 is 27.3 Å². The van der Waals surface area contributed by atoms with Crippen molar-refractivity contribution >= 4 is 33.2 Å². The number of hydrogen-bond donors (Lipinski definition) is 2. The van der Waals surface area contributed by atoms with Crippen LogP contribution in [0, 0.1) is 0 Å². The second-order valence-electron chi connectivity index (χ2n) is 3.46. The van der Waals surface area contributed by atoms with Crippen LogP contribution in [0.1, 0.15) is 18.7 Å². The number of carbonyl (C=O) groups is 1. The quantitative estimate of drug-likeness (QED) is 0.830. The van der Waals surface area contributed by atoms with E-state index in [1.165, 1.54) is 0 Å². The molecule has 0 atom stereocenters. The molecule has 0 aliphatic rings. The first-order chi connectivity index (χ1) is 6.48. The molecule has 0 aliphatic heterocycles. The third-order valence-electron chi connectivity index (χ3n) is 1.99. The van der Waals surface area contributed by atoms with Crippen LogP contribution in [0.4, 0.5) is 0 Å². The van der Waals surface area contributed by atoms with Gasteiger partial charge in [0, 0.05) is 21.8 Å². The fraction of sp³-hybridized carbons (Fsp3) is 0.444. The summed E-state index contributed by atoms with van der Waals surface area (Å²) in [6.07, 6.45) is 0. The van der Waals surface area contributed by atoms with Gasteiger partial charge in [0.05, 0.1) is 5.41 Å². The molecule has 0 saturated heterocycles. The molecule has 0 bridgehead atoms. The molecule has 5 heteroatoms. The lowest BCUT2D eigenvalue weighted by molar-refractivity contribution is -0.126. The summed E-state index contributed by atoms with van der Waals surface area (Å²) in [4.78, 5) is 12.7. The van der Waals surface area contributed by atoms with Gasteiger partial charge in [-0.1, -0.05) is 0 Å². The van der Waals surface area contributed by atoms with Crippen molar-refractivity contribution in [2.45, 2.75) is 19.3 Å². The highest BCUT2D eigenvalue weighted by atomic mass is 79.9. The molecule has 0 radical (unpaired) electrons. The first-order valence-electron chi connectivity index (χ1n) is 4.20. The number of rotatable bonds is 3. The van der Waals surface area contributed by atoms with E-state index in [9.17, 15) is 4.79 Å². The zero-order valence-corrected chi connectivity index (χ0v) is 10.8. The van der Waals surface area contributed by atoms with Gasteiger partial charge in [-0.05, 0) is 35.8 Å². The van der Waals surface area contributed by atoms with E-state index in [-0.39, 0.29) is 5.91 Å². The average molecular weight is 277 g/mol. The van der Waals surface area contributed by atoms with E-state index in [4.69, 9.17) is 0 Å². The zero-order chi connectivity index (χ0) is 10.8. The van der Waals surface area contributed by atoms with E-state index in [1.54, 1.807) is 18.4 Å². The lowest BCUT2D eigenvalue weighted by atomic mass is 9.91. The number of hydrazine groups is 1. The van der Waals surface area contributed by atoms with Gasteiger partial charge < -0.3 is 0 Å². The van der Waals surface area contributed by atoms with Gasteiger partial charge in [0.2, 0.25) is 5.91 Å². The highest BCUT2D eigenvalue weighted by Crippen LogP contribution is 2.31. The maximum absolute atomic E-state index is 11.7. The van der Waals surface area contributed by atoms with E-state index in [0.29, 0.717) is 0 Å². The summed E-state index contributed by atoms with van der Waals surface area (Å²) in [5.74, 6) is -0.0330. The van der Waals surface area contributed by atoms with E-state index in [2.05, 4.69) is 26.8 Å². The predicted molar refractivity (Wildman–Crippen MR) is 62.2 cm³/mol. The molecule has 14 heavy (non-hydrogen) atoms. The molecule has 78 valence electrons. The van der Waals surface area contributed by atoms with Crippen molar-refractivity contribution in [3.63, 3.8) is 0 Å². The van der Waals surface area contributed by atoms with E-state index >= 15 is 0 Å². The van der Waals surface area contributed by atoms with Crippen LogP contribution in [0.25, 0.3) is 0 Å². The summed E-state index contributed by atoms with van der Waals surface area (Å²) in [6.45, 7) is 3.80. The molecule has 0 fully saturated rings. The van der Waals surface area contributed by atoms with Gasteiger partial charge in [-0.25, -0.2) is 5.43 Å². The number of halogens is 1. The Balaban J connectivity index is 2.89. The molecule has 0 spiro atoms. The summed E-state index contributed by atoms with van der Waals surface area (Å²) in [7, 11) is 1.68. The van der Waals surface area contributed by atoms with E-state index < -0.39 is 5.41 Å². The Morgan fingerprint density at radius 2 is 2.21 bits per heavy atom. The highest BCUT2D eigenvalue weighted by Gasteiger charge is 2.30. The molecule has 0 aromatic carbocycles. The smallest absolute Gasteiger partial charge is 0.244 e. The third-order valence-corrected chi connectivity index (χ3v) is 4.00. The Labute approximate surface area is 96.0 Å². The van der Waals surface area contributed by atoms with Crippen molar-refractivity contribution in [3.8, 4) is 0 Å². The van der Waals surface area contributed by atoms with Gasteiger partial charge in [-0.3, -0.25) is 10.2 Å². The number of hydrogen-bond acceptors (Lipinski definition) is 3. The van der Waals surface area contributed by atoms with Crippen LogP contribution in [0.2, 0.25) is 0 Å². The van der Waals surface area contributed by atoms with Crippen molar-refractivity contribution in [2.75, 3.05) is 7.05 Å². The second kappa shape index (κ2) is 4.42. The summed E-state index contributed by atoms with van der Waals surface area (Å²) in [6, 6.07) is 1.97. The lowest BCUT2D eigenvalue weighted by Crippen LogP contribution is -2.45. The zero-order valence-electron chi connectivity index (χ0n) is 8.35. The Bertz CT molecular complexity index is 335. The van der Waals surface area contributed by atoms with Crippen LogP contribution in [-0.2, 0) is 10.2 Å². The second-order valence-corrected chi connectivity index (χ2v) is 5.29. The minimum Gasteiger partial charge on any atom is -0.291 e. The largest absolute Gasteiger partial charge is 0.291 e. The Hall–Kier alpha value is -0.390. The first-order valence-corrected chi connectivity index (χ1v) is 5.87. The van der Waals surface area contributed by atoms with Crippen LogP contribution in [0.3, 0.4) is 0 Å². The van der Waals surface area contributed by atoms with Gasteiger partial charge in [0.1, 0.15) is 0 Å². The van der Waals surface area contributed by atoms with Crippen LogP contribution in [0.5, 0.6) is 0 Å². The standard InChI is InChI=1S/C9H13BrN2OS/c1-9(2,8(13)12-11-3)7-4-6(10)5-14-7/h4-5,11H,1-3H3,(H,12,13). The average Bonchev–Trinajstić information content (AvgIpc) is 2.52. The van der Waals surface area contributed by atoms with Crippen LogP contribution in [-0.4, -0.2) is 13.0 Å². The van der Waals surface area contributed by atoms with Crippen LogP contribution in [0.15, 0.2) is 15.9 Å². The van der Waals surface area contributed by atoms with Gasteiger partial charge in [-0.2, -0.15) is 0 Å². The first kappa shape index (κ1) is 11.7. The summed E-state index contributed by atoms with van der Waals surface area (Å²) in [5, 5.41) is 1.98. The molecule has 0 saturated carbocycles. The van der Waals surface area contributed by atoms with Crippen molar-refractivity contribution in [3.05, 3.63) is 20.8 Å². The van der Waals surface area contributed by atoms with Crippen molar-refractivity contribution < 1.29 is 4.79 Å². The SMILES string of the molecule is CNNC(=O)C(C)(C)c1cc(Br)cs1. The highest BCUT2D eigenvalue weighted by molar-refractivity contribution is 9.10. The van der Waals surface area contributed by atoms with Gasteiger partial charge in [0.25, 0.3) is 0 Å². The van der Waals surface area contributed by atoms with Crippen molar-refractivity contribution in [1.82, 2.24) is 10.9 Å². The maximum atomic E-state index is 11.7. The molecule has 0 unspecified atom stereocenters. The van der Waals surface area contributed by atoms with Gasteiger partial charge in [0.15, 0.2) is 0 Å². The summed E-state index contributed by atoms with van der Waals surface area (Å²) >= 11 is 4.95. The molecular weight excluding hydrogens is 264 g/mol. The molecule has 1 heterocycles. The minimum absolute atomic E-state index is 0.0330. The summed E-state index contributed by atoms with van der Waals surface area (Å²) in [5.41, 5.74) is 4.74. The Morgan fingerprint density at radius 1 is 1.57 bits per heavy atom. The van der Waals surface area contributed by atoms with E-state index in [1.807, 2.05) is 25.3 Å². The third kappa shape index (κ3) is 2.34. The normalized spacial score (nSPS) is 11.4. The van der Waals surface area contributed by atoms with Crippen LogP contribution < -0.4 is 10.9 Å². The maximum Gasteiger partial charge on any atom is 0.244 e. The predicted octanol–water partition coefficient (Wildman–Crippen LogP) is 2.04. The monoisotopic (exact) mass is 276 g/mol. The number of nitrogens with one attached hydrogen (secondary N) is 2. The molecule has 2 N–H and O–H groups in total. The number of thiophene rings is 1. The number of amides is 1. The van der Waals surface area contributed by atoms with Crippen molar-refractivity contribution in [1.29, 1.82) is 0 Å².